The Kier molecular flexibility index (Phi) is 12.2. The predicted molar refractivity (Wildman–Crippen MR) is 150 cm³/mol. The summed E-state index contributed by atoms with van der Waals surface area (Å²) in [5.41, 5.74) is 4.25. The minimum Gasteiger partial charge on any atom is -0.494 e. The minimum atomic E-state index is 0.502. The molecular formula is C30H43N3OS. The second-order valence-electron chi connectivity index (χ2n) is 9.66. The number of aryl methyl sites for hydroxylation is 2. The van der Waals surface area contributed by atoms with E-state index in [4.69, 9.17) is 9.72 Å². The summed E-state index contributed by atoms with van der Waals surface area (Å²) in [6, 6.07) is 12.5. The summed E-state index contributed by atoms with van der Waals surface area (Å²) >= 11 is 1.68. The molecule has 35 heavy (non-hydrogen) atoms. The third-order valence-corrected chi connectivity index (χ3v) is 7.44. The molecule has 190 valence electrons. The lowest BCUT2D eigenvalue weighted by atomic mass is 10.1. The molecule has 0 N–H and O–H groups in total. The van der Waals surface area contributed by atoms with Gasteiger partial charge in [0, 0.05) is 6.07 Å². The van der Waals surface area contributed by atoms with Gasteiger partial charge in [0.05, 0.1) is 22.5 Å². The summed E-state index contributed by atoms with van der Waals surface area (Å²) in [6.07, 6.45) is 16.3. The van der Waals surface area contributed by atoms with Gasteiger partial charge in [0.1, 0.15) is 17.3 Å². The van der Waals surface area contributed by atoms with Crippen LogP contribution in [0, 0.1) is 13.8 Å². The van der Waals surface area contributed by atoms with E-state index in [1.165, 1.54) is 80.9 Å². The Morgan fingerprint density at radius 2 is 1.49 bits per heavy atom. The summed E-state index contributed by atoms with van der Waals surface area (Å²) in [4.78, 5) is 4.74. The van der Waals surface area contributed by atoms with E-state index in [2.05, 4.69) is 67.4 Å². The van der Waals surface area contributed by atoms with Crippen molar-refractivity contribution < 1.29 is 4.74 Å². The van der Waals surface area contributed by atoms with E-state index in [1.54, 1.807) is 11.3 Å². The third kappa shape index (κ3) is 10.1. The lowest BCUT2D eigenvalue weighted by molar-refractivity contribution is 0.304. The number of hydrogen-bond donors (Lipinski definition) is 0. The maximum Gasteiger partial charge on any atom is 0.121 e. The van der Waals surface area contributed by atoms with Crippen molar-refractivity contribution in [2.45, 2.75) is 104 Å². The Morgan fingerprint density at radius 1 is 0.800 bits per heavy atom. The number of nitrogens with zero attached hydrogens (tertiary/aromatic N) is 3. The summed E-state index contributed by atoms with van der Waals surface area (Å²) in [5, 5.41) is 9.78. The highest BCUT2D eigenvalue weighted by Gasteiger charge is 2.06. The largest absolute Gasteiger partial charge is 0.494 e. The van der Waals surface area contributed by atoms with Gasteiger partial charge in [-0.1, -0.05) is 89.7 Å². The minimum absolute atomic E-state index is 0.502. The molecule has 3 aromatic rings. The standard InChI is InChI=1S/C30H43N3OS/c1-4-5-6-7-8-9-10-11-12-13-14-15-20-34-26-18-19-29-28(22-26)32-30(35-29)23-31-33-27-21-24(2)16-17-25(27)3/h16-19,21-22H,4-15,20,23H2,1-3H3. The molecule has 0 aliphatic heterocycles. The van der Waals surface area contributed by atoms with Crippen LogP contribution < -0.4 is 4.74 Å². The number of aromatic nitrogens is 1. The van der Waals surface area contributed by atoms with Crippen molar-refractivity contribution in [2.24, 2.45) is 10.2 Å². The number of hydrogen-bond acceptors (Lipinski definition) is 5. The van der Waals surface area contributed by atoms with Gasteiger partial charge in [-0.3, -0.25) is 0 Å². The van der Waals surface area contributed by atoms with E-state index in [0.29, 0.717) is 6.54 Å². The van der Waals surface area contributed by atoms with E-state index in [0.717, 1.165) is 40.6 Å². The van der Waals surface area contributed by atoms with Crippen molar-refractivity contribution in [1.29, 1.82) is 0 Å². The number of ether oxygens (including phenoxy) is 1. The zero-order valence-electron chi connectivity index (χ0n) is 22.0. The Balaban J connectivity index is 1.31. The van der Waals surface area contributed by atoms with Gasteiger partial charge < -0.3 is 4.74 Å². The Labute approximate surface area is 216 Å². The van der Waals surface area contributed by atoms with Crippen LogP contribution in [-0.4, -0.2) is 11.6 Å². The first-order chi connectivity index (χ1) is 17.2. The van der Waals surface area contributed by atoms with Crippen LogP contribution in [0.4, 0.5) is 5.69 Å². The molecule has 0 unspecified atom stereocenters. The van der Waals surface area contributed by atoms with Crippen LogP contribution in [-0.2, 0) is 6.54 Å². The highest BCUT2D eigenvalue weighted by atomic mass is 32.1. The molecule has 2 aromatic carbocycles. The van der Waals surface area contributed by atoms with Gasteiger partial charge in [-0.2, -0.15) is 10.2 Å². The predicted octanol–water partition coefficient (Wildman–Crippen LogP) is 10.3. The lowest BCUT2D eigenvalue weighted by Crippen LogP contribution is -1.97. The van der Waals surface area contributed by atoms with Crippen LogP contribution in [0.5, 0.6) is 5.75 Å². The van der Waals surface area contributed by atoms with Crippen molar-refractivity contribution in [1.82, 2.24) is 4.98 Å². The fourth-order valence-electron chi connectivity index (χ4n) is 4.24. The fourth-order valence-corrected chi connectivity index (χ4v) is 5.11. The number of rotatable bonds is 17. The Morgan fingerprint density at radius 3 is 2.20 bits per heavy atom. The van der Waals surface area contributed by atoms with Crippen molar-refractivity contribution in [3.05, 3.63) is 52.5 Å². The van der Waals surface area contributed by atoms with E-state index in [9.17, 15) is 0 Å². The molecule has 3 rings (SSSR count). The van der Waals surface area contributed by atoms with Crippen molar-refractivity contribution in [3.63, 3.8) is 0 Å². The molecule has 0 amide bonds. The third-order valence-electron chi connectivity index (χ3n) is 6.42. The smallest absolute Gasteiger partial charge is 0.121 e. The van der Waals surface area contributed by atoms with Crippen LogP contribution in [0.2, 0.25) is 0 Å². The molecular weight excluding hydrogens is 450 g/mol. The van der Waals surface area contributed by atoms with Gasteiger partial charge in [-0.25, -0.2) is 4.98 Å². The SMILES string of the molecule is CCCCCCCCCCCCCCOc1ccc2sc(CN=Nc3cc(C)ccc3C)nc2c1. The molecule has 0 aliphatic rings. The molecule has 0 fully saturated rings. The molecule has 0 atom stereocenters. The number of fused-ring (bicyclic) bond motifs is 1. The molecule has 1 heterocycles. The van der Waals surface area contributed by atoms with Crippen LogP contribution in [0.25, 0.3) is 10.2 Å². The number of benzene rings is 2. The highest BCUT2D eigenvalue weighted by molar-refractivity contribution is 7.18. The topological polar surface area (TPSA) is 46.8 Å². The number of unbranched alkanes of at least 4 members (excludes halogenated alkanes) is 11. The average Bonchev–Trinajstić information content (AvgIpc) is 3.26. The fraction of sp³-hybridized carbons (Fsp3) is 0.567. The van der Waals surface area contributed by atoms with Gasteiger partial charge in [-0.05, 0) is 49.6 Å². The van der Waals surface area contributed by atoms with Crippen LogP contribution in [0.1, 0.15) is 100 Å². The van der Waals surface area contributed by atoms with Gasteiger partial charge in [-0.15, -0.1) is 11.3 Å². The second-order valence-corrected chi connectivity index (χ2v) is 10.8. The highest BCUT2D eigenvalue weighted by Crippen LogP contribution is 2.27. The first-order valence-corrected chi connectivity index (χ1v) is 14.4. The van der Waals surface area contributed by atoms with Crippen molar-refractivity contribution in [3.8, 4) is 5.75 Å². The van der Waals surface area contributed by atoms with E-state index in [1.807, 2.05) is 0 Å². The van der Waals surface area contributed by atoms with Crippen LogP contribution in [0.15, 0.2) is 46.6 Å². The number of azo groups is 1. The van der Waals surface area contributed by atoms with Gasteiger partial charge in [0.15, 0.2) is 0 Å². The van der Waals surface area contributed by atoms with E-state index < -0.39 is 0 Å². The Hall–Kier alpha value is -2.27. The zero-order chi connectivity index (χ0) is 24.7. The summed E-state index contributed by atoms with van der Waals surface area (Å²) < 4.78 is 7.17. The average molecular weight is 494 g/mol. The molecule has 0 bridgehead atoms. The van der Waals surface area contributed by atoms with Crippen LogP contribution in [0.3, 0.4) is 0 Å². The van der Waals surface area contributed by atoms with E-state index >= 15 is 0 Å². The molecule has 0 spiro atoms. The monoisotopic (exact) mass is 493 g/mol. The summed E-state index contributed by atoms with van der Waals surface area (Å²) in [5.74, 6) is 0.912. The first kappa shape index (κ1) is 27.3. The maximum absolute atomic E-state index is 6.00. The molecule has 4 nitrogen and oxygen atoms in total. The zero-order valence-corrected chi connectivity index (χ0v) is 22.8. The molecule has 0 saturated carbocycles. The van der Waals surface area contributed by atoms with E-state index in [-0.39, 0.29) is 0 Å². The van der Waals surface area contributed by atoms with Gasteiger partial charge >= 0.3 is 0 Å². The van der Waals surface area contributed by atoms with Gasteiger partial charge in [0.2, 0.25) is 0 Å². The van der Waals surface area contributed by atoms with Crippen LogP contribution >= 0.6 is 11.3 Å². The molecule has 5 heteroatoms. The molecule has 0 radical (unpaired) electrons. The quantitative estimate of drug-likeness (QED) is 0.139. The maximum atomic E-state index is 6.00. The lowest BCUT2D eigenvalue weighted by Gasteiger charge is -2.06. The number of thiazole rings is 1. The van der Waals surface area contributed by atoms with Crippen molar-refractivity contribution in [2.75, 3.05) is 6.61 Å². The first-order valence-electron chi connectivity index (χ1n) is 13.6. The summed E-state index contributed by atoms with van der Waals surface area (Å²) in [6.45, 7) is 7.70. The summed E-state index contributed by atoms with van der Waals surface area (Å²) in [7, 11) is 0. The van der Waals surface area contributed by atoms with Crippen molar-refractivity contribution >= 4 is 27.2 Å². The Bertz CT molecular complexity index is 1040. The van der Waals surface area contributed by atoms with Gasteiger partial charge in [0.25, 0.3) is 0 Å². The molecule has 0 saturated heterocycles. The molecule has 1 aromatic heterocycles. The normalized spacial score (nSPS) is 11.6. The second kappa shape index (κ2) is 15.7. The molecule has 0 aliphatic carbocycles.